The highest BCUT2D eigenvalue weighted by Gasteiger charge is 2.35. The average molecular weight is 699 g/mol. The van der Waals surface area contributed by atoms with E-state index in [0.29, 0.717) is 0 Å². The van der Waals surface area contributed by atoms with Crippen molar-refractivity contribution in [2.75, 3.05) is 4.90 Å². The Morgan fingerprint density at radius 1 is 0.623 bits per heavy atom. The Kier molecular flexibility index (Phi) is 7.11. The second-order valence-corrected chi connectivity index (χ2v) is 15.6. The first-order valence-corrected chi connectivity index (χ1v) is 19.2. The standard InChI is InChI=1S/C50H38N2S/c1-5-32(6-2)33-20-22-35(23-21-33)51(37-24-26-39-38-16-10-12-18-43(38)50(3,4)44(39)31-37)36-25-28-45-42(30-36)40-27-29-47-48(41-17-11-13-19-46(41)53-47)49(40)52(45)34-14-8-7-9-15-34/h5-31H,1H2,2-4H3/b32-6+. The molecule has 0 atom stereocenters. The van der Waals surface area contributed by atoms with Gasteiger partial charge >= 0.3 is 0 Å². The topological polar surface area (TPSA) is 8.17 Å². The van der Waals surface area contributed by atoms with E-state index >= 15 is 0 Å². The van der Waals surface area contributed by atoms with Crippen LogP contribution in [0.5, 0.6) is 0 Å². The van der Waals surface area contributed by atoms with Crippen molar-refractivity contribution >= 4 is 76.0 Å². The van der Waals surface area contributed by atoms with E-state index < -0.39 is 0 Å². The number of anilines is 3. The lowest BCUT2D eigenvalue weighted by molar-refractivity contribution is 0.660. The van der Waals surface area contributed by atoms with E-state index in [2.05, 4.69) is 195 Å². The second kappa shape index (κ2) is 11.9. The molecule has 1 aliphatic rings. The fourth-order valence-corrected chi connectivity index (χ4v) is 9.88. The summed E-state index contributed by atoms with van der Waals surface area (Å²) in [6, 6.07) is 56.1. The van der Waals surface area contributed by atoms with Crippen LogP contribution in [0.15, 0.2) is 170 Å². The van der Waals surface area contributed by atoms with E-state index in [-0.39, 0.29) is 5.41 Å². The molecule has 53 heavy (non-hydrogen) atoms. The van der Waals surface area contributed by atoms with Gasteiger partial charge in [-0.1, -0.05) is 118 Å². The number of aromatic nitrogens is 1. The Morgan fingerprint density at radius 3 is 2.13 bits per heavy atom. The van der Waals surface area contributed by atoms with E-state index in [9.17, 15) is 0 Å². The fourth-order valence-electron chi connectivity index (χ4n) is 8.77. The van der Waals surface area contributed by atoms with Gasteiger partial charge in [-0.05, 0) is 107 Å². The zero-order chi connectivity index (χ0) is 35.8. The van der Waals surface area contributed by atoms with Crippen LogP contribution in [-0.2, 0) is 5.41 Å². The van der Waals surface area contributed by atoms with Gasteiger partial charge in [-0.2, -0.15) is 0 Å². The van der Waals surface area contributed by atoms with Crippen LogP contribution in [0.25, 0.3) is 64.4 Å². The largest absolute Gasteiger partial charge is 0.310 e. The Morgan fingerprint density at radius 2 is 1.32 bits per heavy atom. The number of benzene rings is 7. The number of para-hydroxylation sites is 1. The van der Waals surface area contributed by atoms with Crippen LogP contribution in [0.1, 0.15) is 37.5 Å². The number of hydrogen-bond acceptors (Lipinski definition) is 2. The van der Waals surface area contributed by atoms with Crippen LogP contribution in [0.2, 0.25) is 0 Å². The maximum Gasteiger partial charge on any atom is 0.0634 e. The summed E-state index contributed by atoms with van der Waals surface area (Å²) in [5.41, 5.74) is 14.6. The molecule has 0 saturated carbocycles. The van der Waals surface area contributed by atoms with Gasteiger partial charge in [-0.15, -0.1) is 11.3 Å². The minimum Gasteiger partial charge on any atom is -0.310 e. The summed E-state index contributed by atoms with van der Waals surface area (Å²) in [4.78, 5) is 2.43. The molecule has 0 radical (unpaired) electrons. The lowest BCUT2D eigenvalue weighted by Crippen LogP contribution is -2.16. The quantitative estimate of drug-likeness (QED) is 0.157. The highest BCUT2D eigenvalue weighted by atomic mass is 32.1. The molecule has 1 aliphatic carbocycles. The zero-order valence-corrected chi connectivity index (χ0v) is 30.9. The molecule has 2 nitrogen and oxygen atoms in total. The third kappa shape index (κ3) is 4.70. The van der Waals surface area contributed by atoms with Crippen LogP contribution in [0.3, 0.4) is 0 Å². The molecule has 0 fully saturated rings. The van der Waals surface area contributed by atoms with Gasteiger partial charge in [0.15, 0.2) is 0 Å². The molecule has 0 saturated heterocycles. The van der Waals surface area contributed by atoms with E-state index in [1.54, 1.807) is 0 Å². The van der Waals surface area contributed by atoms with Crippen molar-refractivity contribution in [2.24, 2.45) is 0 Å². The average Bonchev–Trinajstić information content (AvgIpc) is 3.82. The summed E-state index contributed by atoms with van der Waals surface area (Å²) >= 11 is 1.87. The van der Waals surface area contributed by atoms with Crippen LogP contribution in [0, 0.1) is 0 Å². The Hall–Kier alpha value is -6.16. The minimum absolute atomic E-state index is 0.107. The number of rotatable bonds is 6. The fraction of sp³-hybridized carbons (Fsp3) is 0.0800. The first-order valence-electron chi connectivity index (χ1n) is 18.3. The van der Waals surface area contributed by atoms with Gasteiger partial charge in [0, 0.05) is 59.1 Å². The normalized spacial score (nSPS) is 13.5. The number of allylic oxidation sites excluding steroid dienone is 3. The summed E-state index contributed by atoms with van der Waals surface area (Å²) in [5.74, 6) is 0. The molecule has 0 N–H and O–H groups in total. The van der Waals surface area contributed by atoms with Crippen molar-refractivity contribution in [1.29, 1.82) is 0 Å². The van der Waals surface area contributed by atoms with Crippen molar-refractivity contribution < 1.29 is 0 Å². The number of fused-ring (bicyclic) bond motifs is 10. The first kappa shape index (κ1) is 31.6. The van der Waals surface area contributed by atoms with E-state index in [0.717, 1.165) is 33.9 Å². The summed E-state index contributed by atoms with van der Waals surface area (Å²) in [7, 11) is 0. The molecule has 9 aromatic rings. The smallest absolute Gasteiger partial charge is 0.0634 e. The van der Waals surface area contributed by atoms with Crippen LogP contribution in [-0.4, -0.2) is 4.57 Å². The van der Waals surface area contributed by atoms with Crippen LogP contribution in [0.4, 0.5) is 17.1 Å². The molecule has 254 valence electrons. The predicted octanol–water partition coefficient (Wildman–Crippen LogP) is 14.5. The maximum absolute atomic E-state index is 4.05. The van der Waals surface area contributed by atoms with Crippen molar-refractivity contribution in [2.45, 2.75) is 26.2 Å². The van der Waals surface area contributed by atoms with Gasteiger partial charge < -0.3 is 9.47 Å². The molecule has 2 heterocycles. The Bertz CT molecular complexity index is 2940. The van der Waals surface area contributed by atoms with E-state index in [1.807, 2.05) is 17.4 Å². The predicted molar refractivity (Wildman–Crippen MR) is 230 cm³/mol. The van der Waals surface area contributed by atoms with Crippen molar-refractivity contribution in [1.82, 2.24) is 4.57 Å². The molecule has 2 aromatic heterocycles. The van der Waals surface area contributed by atoms with Gasteiger partial charge in [-0.25, -0.2) is 0 Å². The molecule has 0 aliphatic heterocycles. The molecule has 0 bridgehead atoms. The number of thiophene rings is 1. The summed E-state index contributed by atoms with van der Waals surface area (Å²) in [6.07, 6.45) is 4.04. The van der Waals surface area contributed by atoms with Crippen molar-refractivity contribution in [3.63, 3.8) is 0 Å². The lowest BCUT2D eigenvalue weighted by Gasteiger charge is -2.28. The van der Waals surface area contributed by atoms with Gasteiger partial charge in [0.2, 0.25) is 0 Å². The van der Waals surface area contributed by atoms with Crippen molar-refractivity contribution in [3.05, 3.63) is 187 Å². The highest BCUT2D eigenvalue weighted by Crippen LogP contribution is 2.51. The van der Waals surface area contributed by atoms with Gasteiger partial charge in [-0.3, -0.25) is 0 Å². The molecular formula is C50H38N2S. The van der Waals surface area contributed by atoms with Gasteiger partial charge in [0.05, 0.1) is 11.0 Å². The minimum atomic E-state index is -0.107. The van der Waals surface area contributed by atoms with Gasteiger partial charge in [0.1, 0.15) is 0 Å². The van der Waals surface area contributed by atoms with Gasteiger partial charge in [0.25, 0.3) is 0 Å². The Labute approximate surface area is 314 Å². The van der Waals surface area contributed by atoms with Crippen LogP contribution >= 0.6 is 11.3 Å². The molecule has 0 amide bonds. The summed E-state index contributed by atoms with van der Waals surface area (Å²) in [6.45, 7) is 10.8. The maximum atomic E-state index is 4.05. The molecular weight excluding hydrogens is 661 g/mol. The summed E-state index contributed by atoms with van der Waals surface area (Å²) in [5, 5.41) is 5.12. The Balaban J connectivity index is 1.24. The van der Waals surface area contributed by atoms with Crippen LogP contribution < -0.4 is 4.90 Å². The zero-order valence-electron chi connectivity index (χ0n) is 30.1. The lowest BCUT2D eigenvalue weighted by atomic mass is 9.82. The monoisotopic (exact) mass is 698 g/mol. The van der Waals surface area contributed by atoms with E-state index in [4.69, 9.17) is 0 Å². The summed E-state index contributed by atoms with van der Waals surface area (Å²) < 4.78 is 5.09. The molecule has 7 aromatic carbocycles. The SMILES string of the molecule is C=C/C(=C\C)c1ccc(N(c2ccc3c(c2)C(C)(C)c2ccccc2-3)c2ccc3c(c2)c2ccc4sc5ccccc5c4c2n3-c2ccccc2)cc1. The number of nitrogens with zero attached hydrogens (tertiary/aromatic N) is 2. The van der Waals surface area contributed by atoms with Crippen molar-refractivity contribution in [3.8, 4) is 16.8 Å². The molecule has 10 rings (SSSR count). The first-order chi connectivity index (χ1) is 26.0. The molecule has 0 spiro atoms. The molecule has 3 heteroatoms. The second-order valence-electron chi connectivity index (χ2n) is 14.5. The highest BCUT2D eigenvalue weighted by molar-refractivity contribution is 7.26. The molecule has 0 unspecified atom stereocenters. The third-order valence-corrected chi connectivity index (χ3v) is 12.5. The van der Waals surface area contributed by atoms with E-state index in [1.165, 1.54) is 64.2 Å². The number of hydrogen-bond donors (Lipinski definition) is 0. The third-order valence-electron chi connectivity index (χ3n) is 11.3.